The van der Waals surface area contributed by atoms with Gasteiger partial charge in [-0.15, -0.1) is 0 Å². The van der Waals surface area contributed by atoms with Gasteiger partial charge in [0, 0.05) is 19.1 Å². The van der Waals surface area contributed by atoms with Crippen LogP contribution in [0.4, 0.5) is 0 Å². The van der Waals surface area contributed by atoms with E-state index >= 15 is 0 Å². The number of nitrogens with two attached hydrogens (primary N) is 1. The van der Waals surface area contributed by atoms with Crippen LogP contribution in [0, 0.1) is 18.8 Å². The van der Waals surface area contributed by atoms with Crippen molar-refractivity contribution in [2.24, 2.45) is 17.6 Å². The molecule has 0 aliphatic carbocycles. The molecule has 0 radical (unpaired) electrons. The lowest BCUT2D eigenvalue weighted by atomic mass is 9.86. The van der Waals surface area contributed by atoms with E-state index in [1.54, 1.807) is 0 Å². The van der Waals surface area contributed by atoms with E-state index < -0.39 is 0 Å². The van der Waals surface area contributed by atoms with E-state index in [0.29, 0.717) is 25.0 Å². The number of hydrogen-bond acceptors (Lipinski definition) is 3. The quantitative estimate of drug-likeness (QED) is 0.871. The predicted octanol–water partition coefficient (Wildman–Crippen LogP) is 2.38. The highest BCUT2D eigenvalue weighted by Crippen LogP contribution is 2.25. The Morgan fingerprint density at radius 3 is 2.72 bits per heavy atom. The molecule has 1 unspecified atom stereocenters. The summed E-state index contributed by atoms with van der Waals surface area (Å²) in [6.45, 7) is 5.21. The summed E-state index contributed by atoms with van der Waals surface area (Å²) in [5.41, 5.74) is 7.07. The maximum absolute atomic E-state index is 5.92. The normalized spacial score (nSPS) is 18.6. The van der Waals surface area contributed by atoms with E-state index in [2.05, 4.69) is 13.0 Å². The molecule has 0 bridgehead atoms. The highest BCUT2D eigenvalue weighted by atomic mass is 16.5. The van der Waals surface area contributed by atoms with E-state index in [1.807, 2.05) is 18.2 Å². The van der Waals surface area contributed by atoms with Gasteiger partial charge in [0.25, 0.3) is 0 Å². The Morgan fingerprint density at radius 2 is 2.06 bits per heavy atom. The molecule has 1 aliphatic heterocycles. The predicted molar refractivity (Wildman–Crippen MR) is 72.8 cm³/mol. The monoisotopic (exact) mass is 249 g/mol. The topological polar surface area (TPSA) is 44.5 Å². The van der Waals surface area contributed by atoms with Crippen molar-refractivity contribution in [1.29, 1.82) is 0 Å². The first-order valence-corrected chi connectivity index (χ1v) is 6.77. The van der Waals surface area contributed by atoms with Crippen molar-refractivity contribution in [3.05, 3.63) is 29.8 Å². The second kappa shape index (κ2) is 6.76. The summed E-state index contributed by atoms with van der Waals surface area (Å²) in [6.07, 6.45) is 2.22. The molecule has 0 spiro atoms. The zero-order valence-corrected chi connectivity index (χ0v) is 11.1. The fourth-order valence-corrected chi connectivity index (χ4v) is 2.50. The average molecular weight is 249 g/mol. The summed E-state index contributed by atoms with van der Waals surface area (Å²) >= 11 is 0. The largest absolute Gasteiger partial charge is 0.493 e. The molecule has 2 rings (SSSR count). The Morgan fingerprint density at radius 1 is 1.33 bits per heavy atom. The van der Waals surface area contributed by atoms with Crippen LogP contribution in [-0.4, -0.2) is 26.4 Å². The molecule has 1 atom stereocenters. The third-order valence-electron chi connectivity index (χ3n) is 3.78. The standard InChI is InChI=1S/C15H23NO2/c1-12-4-2-3-5-15(12)18-11-14(10-16)13-6-8-17-9-7-13/h2-5,13-14H,6-11,16H2,1H3. The lowest BCUT2D eigenvalue weighted by molar-refractivity contribution is 0.0381. The van der Waals surface area contributed by atoms with Crippen LogP contribution in [0.1, 0.15) is 18.4 Å². The molecule has 18 heavy (non-hydrogen) atoms. The summed E-state index contributed by atoms with van der Waals surface area (Å²) in [7, 11) is 0. The lowest BCUT2D eigenvalue weighted by Crippen LogP contribution is -2.32. The van der Waals surface area contributed by atoms with Crippen LogP contribution in [0.25, 0.3) is 0 Å². The number of benzene rings is 1. The second-order valence-electron chi connectivity index (χ2n) is 5.02. The minimum absolute atomic E-state index is 0.438. The zero-order valence-electron chi connectivity index (χ0n) is 11.1. The van der Waals surface area contributed by atoms with Crippen LogP contribution in [-0.2, 0) is 4.74 Å². The van der Waals surface area contributed by atoms with Gasteiger partial charge >= 0.3 is 0 Å². The van der Waals surface area contributed by atoms with E-state index in [9.17, 15) is 0 Å². The molecule has 2 N–H and O–H groups in total. The molecule has 0 saturated carbocycles. The van der Waals surface area contributed by atoms with E-state index in [-0.39, 0.29) is 0 Å². The van der Waals surface area contributed by atoms with Gasteiger partial charge in [-0.2, -0.15) is 0 Å². The summed E-state index contributed by atoms with van der Waals surface area (Å²) in [5.74, 6) is 2.06. The van der Waals surface area contributed by atoms with E-state index in [1.165, 1.54) is 5.56 Å². The number of para-hydroxylation sites is 1. The molecular weight excluding hydrogens is 226 g/mol. The molecule has 0 amide bonds. The van der Waals surface area contributed by atoms with Crippen molar-refractivity contribution >= 4 is 0 Å². The smallest absolute Gasteiger partial charge is 0.122 e. The Hall–Kier alpha value is -1.06. The molecule has 100 valence electrons. The Labute approximate surface area is 109 Å². The van der Waals surface area contributed by atoms with E-state index in [0.717, 1.165) is 31.8 Å². The molecule has 1 aliphatic rings. The van der Waals surface area contributed by atoms with Crippen LogP contribution in [0.3, 0.4) is 0 Å². The molecule has 1 saturated heterocycles. The molecular formula is C15H23NO2. The van der Waals surface area contributed by atoms with Crippen LogP contribution >= 0.6 is 0 Å². The highest BCUT2D eigenvalue weighted by Gasteiger charge is 2.23. The van der Waals surface area contributed by atoms with Gasteiger partial charge in [0.2, 0.25) is 0 Å². The van der Waals surface area contributed by atoms with Crippen molar-refractivity contribution in [1.82, 2.24) is 0 Å². The summed E-state index contributed by atoms with van der Waals surface area (Å²) < 4.78 is 11.3. The molecule has 1 fully saturated rings. The highest BCUT2D eigenvalue weighted by molar-refractivity contribution is 5.31. The zero-order chi connectivity index (χ0) is 12.8. The summed E-state index contributed by atoms with van der Waals surface area (Å²) in [6, 6.07) is 8.13. The van der Waals surface area contributed by atoms with Crippen molar-refractivity contribution in [2.75, 3.05) is 26.4 Å². The fraction of sp³-hybridized carbons (Fsp3) is 0.600. The number of aryl methyl sites for hydroxylation is 1. The molecule has 3 heteroatoms. The SMILES string of the molecule is Cc1ccccc1OCC(CN)C1CCOCC1. The summed E-state index contributed by atoms with van der Waals surface area (Å²) in [4.78, 5) is 0. The first-order valence-electron chi connectivity index (χ1n) is 6.77. The third-order valence-corrected chi connectivity index (χ3v) is 3.78. The first-order chi connectivity index (χ1) is 8.81. The second-order valence-corrected chi connectivity index (χ2v) is 5.02. The van der Waals surface area contributed by atoms with Crippen LogP contribution in [0.15, 0.2) is 24.3 Å². The molecule has 0 aromatic heterocycles. The fourth-order valence-electron chi connectivity index (χ4n) is 2.50. The van der Waals surface area contributed by atoms with E-state index in [4.69, 9.17) is 15.2 Å². The van der Waals surface area contributed by atoms with Gasteiger partial charge in [-0.25, -0.2) is 0 Å². The van der Waals surface area contributed by atoms with Crippen LogP contribution < -0.4 is 10.5 Å². The molecule has 3 nitrogen and oxygen atoms in total. The number of hydrogen-bond donors (Lipinski definition) is 1. The number of rotatable bonds is 5. The van der Waals surface area contributed by atoms with Gasteiger partial charge in [0.1, 0.15) is 5.75 Å². The van der Waals surface area contributed by atoms with Crippen molar-refractivity contribution in [3.63, 3.8) is 0 Å². The lowest BCUT2D eigenvalue weighted by Gasteiger charge is -2.29. The molecule has 1 heterocycles. The van der Waals surface area contributed by atoms with Gasteiger partial charge < -0.3 is 15.2 Å². The minimum Gasteiger partial charge on any atom is -0.493 e. The molecule has 1 aromatic carbocycles. The molecule has 1 aromatic rings. The summed E-state index contributed by atoms with van der Waals surface area (Å²) in [5, 5.41) is 0. The first kappa shape index (κ1) is 13.4. The third kappa shape index (κ3) is 3.47. The van der Waals surface area contributed by atoms with Gasteiger partial charge in [0.05, 0.1) is 6.61 Å². The van der Waals surface area contributed by atoms with Crippen molar-refractivity contribution < 1.29 is 9.47 Å². The van der Waals surface area contributed by atoms with Gasteiger partial charge in [-0.1, -0.05) is 18.2 Å². The Bertz CT molecular complexity index is 361. The van der Waals surface area contributed by atoms with Crippen molar-refractivity contribution in [3.8, 4) is 5.75 Å². The average Bonchev–Trinajstić information content (AvgIpc) is 2.42. The van der Waals surface area contributed by atoms with Crippen LogP contribution in [0.5, 0.6) is 5.75 Å². The van der Waals surface area contributed by atoms with Crippen LogP contribution in [0.2, 0.25) is 0 Å². The van der Waals surface area contributed by atoms with Gasteiger partial charge in [-0.05, 0) is 43.9 Å². The maximum atomic E-state index is 5.92. The Balaban J connectivity index is 1.88. The minimum atomic E-state index is 0.438. The Kier molecular flexibility index (Phi) is 5.02. The van der Waals surface area contributed by atoms with Gasteiger partial charge in [-0.3, -0.25) is 0 Å². The van der Waals surface area contributed by atoms with Gasteiger partial charge in [0.15, 0.2) is 0 Å². The van der Waals surface area contributed by atoms with Crippen molar-refractivity contribution in [2.45, 2.75) is 19.8 Å². The number of ether oxygens (including phenoxy) is 2. The maximum Gasteiger partial charge on any atom is 0.122 e.